The van der Waals surface area contributed by atoms with Crippen molar-refractivity contribution in [1.29, 1.82) is 0 Å². The van der Waals surface area contributed by atoms with E-state index in [0.717, 1.165) is 49.5 Å². The van der Waals surface area contributed by atoms with E-state index in [1.54, 1.807) is 0 Å². The summed E-state index contributed by atoms with van der Waals surface area (Å²) in [5, 5.41) is 15.3. The van der Waals surface area contributed by atoms with Crippen LogP contribution >= 0.6 is 11.6 Å². The van der Waals surface area contributed by atoms with Crippen molar-refractivity contribution in [3.05, 3.63) is 51.9 Å². The van der Waals surface area contributed by atoms with Crippen molar-refractivity contribution >= 4 is 11.6 Å². The first-order chi connectivity index (χ1) is 11.0. The number of piperidine rings is 1. The molecule has 0 saturated carbocycles. The van der Waals surface area contributed by atoms with E-state index in [1.165, 1.54) is 5.56 Å². The van der Waals surface area contributed by atoms with E-state index < -0.39 is 6.10 Å². The predicted octanol–water partition coefficient (Wildman–Crippen LogP) is 3.89. The third-order valence-electron chi connectivity index (χ3n) is 4.85. The van der Waals surface area contributed by atoms with E-state index in [4.69, 9.17) is 16.1 Å². The minimum Gasteiger partial charge on any atom is -0.388 e. The fourth-order valence-electron chi connectivity index (χ4n) is 3.31. The number of likely N-dealkylation sites (tertiary alicyclic amines) is 1. The Hall–Kier alpha value is -1.36. The van der Waals surface area contributed by atoms with Gasteiger partial charge in [0.2, 0.25) is 0 Å². The number of nitrogens with zero attached hydrogens (tertiary/aromatic N) is 2. The first-order valence-corrected chi connectivity index (χ1v) is 8.50. The zero-order valence-electron chi connectivity index (χ0n) is 13.6. The highest BCUT2D eigenvalue weighted by atomic mass is 35.5. The third-order valence-corrected chi connectivity index (χ3v) is 5.11. The smallest absolute Gasteiger partial charge is 0.138 e. The van der Waals surface area contributed by atoms with Gasteiger partial charge in [-0.3, -0.25) is 4.90 Å². The van der Waals surface area contributed by atoms with Crippen LogP contribution in [0.5, 0.6) is 0 Å². The number of aromatic nitrogens is 1. The second kappa shape index (κ2) is 7.04. The molecule has 1 aliphatic rings. The highest BCUT2D eigenvalue weighted by Crippen LogP contribution is 2.32. The average molecular weight is 335 g/mol. The van der Waals surface area contributed by atoms with E-state index in [0.29, 0.717) is 10.9 Å². The first-order valence-electron chi connectivity index (χ1n) is 8.12. The Morgan fingerprint density at radius 2 is 1.91 bits per heavy atom. The number of hydrogen-bond acceptors (Lipinski definition) is 4. The number of rotatable bonds is 4. The molecule has 0 unspecified atom stereocenters. The Morgan fingerprint density at radius 1 is 1.26 bits per heavy atom. The topological polar surface area (TPSA) is 49.5 Å². The van der Waals surface area contributed by atoms with Gasteiger partial charge in [-0.05, 0) is 63.4 Å². The van der Waals surface area contributed by atoms with Crippen LogP contribution in [0.15, 0.2) is 28.8 Å². The molecule has 1 fully saturated rings. The van der Waals surface area contributed by atoms with Crippen molar-refractivity contribution in [2.24, 2.45) is 5.92 Å². The van der Waals surface area contributed by atoms with E-state index in [9.17, 15) is 5.11 Å². The van der Waals surface area contributed by atoms with Crippen LogP contribution < -0.4 is 0 Å². The van der Waals surface area contributed by atoms with Gasteiger partial charge in [0.05, 0.1) is 11.8 Å². The molecule has 2 heterocycles. The van der Waals surface area contributed by atoms with Crippen LogP contribution in [-0.4, -0.2) is 28.3 Å². The number of aliphatic hydroxyl groups excluding tert-OH is 1. The summed E-state index contributed by atoms with van der Waals surface area (Å²) in [6, 6.07) is 7.52. The van der Waals surface area contributed by atoms with Crippen LogP contribution in [-0.2, 0) is 6.54 Å². The number of benzene rings is 1. The van der Waals surface area contributed by atoms with Gasteiger partial charge >= 0.3 is 0 Å². The summed E-state index contributed by atoms with van der Waals surface area (Å²) in [7, 11) is 0. The summed E-state index contributed by atoms with van der Waals surface area (Å²) in [5.41, 5.74) is 3.13. The molecule has 0 radical (unpaired) electrons. The fourth-order valence-corrected chi connectivity index (χ4v) is 3.44. The maximum Gasteiger partial charge on any atom is 0.138 e. The molecule has 5 heteroatoms. The fraction of sp³-hybridized carbons (Fsp3) is 0.500. The molecule has 23 heavy (non-hydrogen) atoms. The van der Waals surface area contributed by atoms with Gasteiger partial charge in [0, 0.05) is 17.1 Å². The van der Waals surface area contributed by atoms with Crippen LogP contribution in [0.4, 0.5) is 0 Å². The van der Waals surface area contributed by atoms with Crippen molar-refractivity contribution in [2.45, 2.75) is 39.3 Å². The Kier molecular flexibility index (Phi) is 5.05. The minimum atomic E-state index is -0.409. The Labute approximate surface area is 142 Å². The second-order valence-corrected chi connectivity index (χ2v) is 6.85. The summed E-state index contributed by atoms with van der Waals surface area (Å²) in [5.74, 6) is 1.21. The van der Waals surface area contributed by atoms with E-state index >= 15 is 0 Å². The molecular formula is C18H23ClN2O2. The molecule has 0 aliphatic carbocycles. The van der Waals surface area contributed by atoms with Gasteiger partial charge in [-0.1, -0.05) is 28.9 Å². The summed E-state index contributed by atoms with van der Waals surface area (Å²) in [6.45, 7) is 6.80. The van der Waals surface area contributed by atoms with Gasteiger partial charge in [0.25, 0.3) is 0 Å². The predicted molar refractivity (Wildman–Crippen MR) is 90.4 cm³/mol. The Balaban J connectivity index is 1.57. The van der Waals surface area contributed by atoms with Gasteiger partial charge in [-0.25, -0.2) is 0 Å². The third kappa shape index (κ3) is 3.77. The maximum atomic E-state index is 10.6. The summed E-state index contributed by atoms with van der Waals surface area (Å²) in [6.07, 6.45) is 1.58. The number of hydrogen-bond donors (Lipinski definition) is 1. The average Bonchev–Trinajstić information content (AvgIpc) is 2.87. The van der Waals surface area contributed by atoms with Gasteiger partial charge in [-0.2, -0.15) is 0 Å². The van der Waals surface area contributed by atoms with Crippen molar-refractivity contribution in [1.82, 2.24) is 10.1 Å². The molecule has 3 rings (SSSR count). The van der Waals surface area contributed by atoms with Crippen molar-refractivity contribution in [3.63, 3.8) is 0 Å². The van der Waals surface area contributed by atoms with Crippen LogP contribution in [0.3, 0.4) is 0 Å². The lowest BCUT2D eigenvalue weighted by Crippen LogP contribution is -2.35. The van der Waals surface area contributed by atoms with Gasteiger partial charge in [-0.15, -0.1) is 0 Å². The van der Waals surface area contributed by atoms with E-state index in [1.807, 2.05) is 38.1 Å². The van der Waals surface area contributed by atoms with Gasteiger partial charge < -0.3 is 9.63 Å². The number of aryl methyl sites for hydroxylation is 2. The monoisotopic (exact) mass is 334 g/mol. The molecule has 1 aromatic heterocycles. The molecule has 0 bridgehead atoms. The van der Waals surface area contributed by atoms with Gasteiger partial charge in [0.1, 0.15) is 5.76 Å². The molecule has 4 nitrogen and oxygen atoms in total. The highest BCUT2D eigenvalue weighted by molar-refractivity contribution is 6.30. The number of aliphatic hydroxyl groups is 1. The molecule has 1 aromatic carbocycles. The molecule has 1 aliphatic heterocycles. The zero-order valence-corrected chi connectivity index (χ0v) is 14.4. The molecular weight excluding hydrogens is 312 g/mol. The molecule has 1 saturated heterocycles. The normalized spacial score (nSPS) is 18.3. The lowest BCUT2D eigenvalue weighted by atomic mass is 9.87. The standard InChI is InChI=1S/C18H23ClN2O2/c1-12-17(13(2)23-20-12)11-21-9-7-15(8-10-21)18(22)14-3-5-16(19)6-4-14/h3-6,15,18,22H,7-11H2,1-2H3/t18-/m0/s1. The lowest BCUT2D eigenvalue weighted by Gasteiger charge is -2.34. The maximum absolute atomic E-state index is 10.6. The Bertz CT molecular complexity index is 626. The first kappa shape index (κ1) is 16.5. The Morgan fingerprint density at radius 3 is 2.48 bits per heavy atom. The molecule has 1 N–H and O–H groups in total. The largest absolute Gasteiger partial charge is 0.388 e. The van der Waals surface area contributed by atoms with Crippen LogP contribution in [0.25, 0.3) is 0 Å². The van der Waals surface area contributed by atoms with E-state index in [-0.39, 0.29) is 0 Å². The van der Waals surface area contributed by atoms with Crippen molar-refractivity contribution in [3.8, 4) is 0 Å². The minimum absolute atomic E-state index is 0.303. The number of halogens is 1. The van der Waals surface area contributed by atoms with Crippen molar-refractivity contribution < 1.29 is 9.63 Å². The zero-order chi connectivity index (χ0) is 16.4. The molecule has 0 spiro atoms. The summed E-state index contributed by atoms with van der Waals surface area (Å²) < 4.78 is 5.24. The summed E-state index contributed by atoms with van der Waals surface area (Å²) >= 11 is 5.91. The molecule has 2 aromatic rings. The lowest BCUT2D eigenvalue weighted by molar-refractivity contribution is 0.0566. The van der Waals surface area contributed by atoms with Crippen LogP contribution in [0, 0.1) is 19.8 Å². The molecule has 124 valence electrons. The van der Waals surface area contributed by atoms with Gasteiger partial charge in [0.15, 0.2) is 0 Å². The van der Waals surface area contributed by atoms with Crippen molar-refractivity contribution in [2.75, 3.05) is 13.1 Å². The van der Waals surface area contributed by atoms with E-state index in [2.05, 4.69) is 10.1 Å². The summed E-state index contributed by atoms with van der Waals surface area (Å²) in [4.78, 5) is 2.41. The van der Waals surface area contributed by atoms with Crippen LogP contribution in [0.1, 0.15) is 41.5 Å². The second-order valence-electron chi connectivity index (χ2n) is 6.41. The molecule has 1 atom stereocenters. The highest BCUT2D eigenvalue weighted by Gasteiger charge is 2.27. The SMILES string of the molecule is Cc1noc(C)c1CN1CCC([C@@H](O)c2ccc(Cl)cc2)CC1. The quantitative estimate of drug-likeness (QED) is 0.921. The van der Waals surface area contributed by atoms with Crippen LogP contribution in [0.2, 0.25) is 5.02 Å². The molecule has 0 amide bonds.